The van der Waals surface area contributed by atoms with Gasteiger partial charge in [0.1, 0.15) is 6.04 Å². The number of likely N-dealkylation sites (tertiary alicyclic amines) is 1. The van der Waals surface area contributed by atoms with Gasteiger partial charge in [0, 0.05) is 33.2 Å². The number of hydrogen-bond acceptors (Lipinski definition) is 5. The molecule has 102 valence electrons. The second kappa shape index (κ2) is 4.92. The number of imide groups is 1. The molecule has 1 atom stereocenters. The molecule has 0 saturated carbocycles. The van der Waals surface area contributed by atoms with Crippen LogP contribution in [0.3, 0.4) is 0 Å². The average molecular weight is 276 g/mol. The zero-order chi connectivity index (χ0) is 13.3. The molecule has 0 aliphatic carbocycles. The van der Waals surface area contributed by atoms with Crippen molar-refractivity contribution >= 4 is 22.0 Å². The highest BCUT2D eigenvalue weighted by Gasteiger charge is 2.39. The van der Waals surface area contributed by atoms with Crippen LogP contribution in [0.5, 0.6) is 0 Å². The summed E-state index contributed by atoms with van der Waals surface area (Å²) in [5.74, 6) is -0.869. The number of nitrogens with zero attached hydrogens (tertiary/aromatic N) is 2. The SMILES string of the molecule is CN1C(=O)CC(NS(=O)(=O)N2CCNCC2)C1=O. The molecule has 0 aromatic carbocycles. The number of hydrogen-bond donors (Lipinski definition) is 2. The van der Waals surface area contributed by atoms with Crippen molar-refractivity contribution < 1.29 is 18.0 Å². The van der Waals surface area contributed by atoms with Gasteiger partial charge in [0.2, 0.25) is 11.8 Å². The summed E-state index contributed by atoms with van der Waals surface area (Å²) in [6.45, 7) is 1.89. The summed E-state index contributed by atoms with van der Waals surface area (Å²) in [6, 6.07) is -0.970. The van der Waals surface area contributed by atoms with Gasteiger partial charge in [-0.05, 0) is 0 Å². The van der Waals surface area contributed by atoms with Gasteiger partial charge in [-0.3, -0.25) is 14.5 Å². The van der Waals surface area contributed by atoms with Crippen molar-refractivity contribution in [1.29, 1.82) is 0 Å². The van der Waals surface area contributed by atoms with Gasteiger partial charge in [-0.1, -0.05) is 0 Å². The van der Waals surface area contributed by atoms with Crippen LogP contribution < -0.4 is 10.0 Å². The summed E-state index contributed by atoms with van der Waals surface area (Å²) >= 11 is 0. The van der Waals surface area contributed by atoms with E-state index < -0.39 is 22.2 Å². The number of amides is 2. The van der Waals surface area contributed by atoms with E-state index in [1.807, 2.05) is 0 Å². The Balaban J connectivity index is 2.04. The van der Waals surface area contributed by atoms with E-state index in [1.54, 1.807) is 0 Å². The predicted octanol–water partition coefficient (Wildman–Crippen LogP) is -2.52. The van der Waals surface area contributed by atoms with Crippen molar-refractivity contribution in [2.24, 2.45) is 0 Å². The molecule has 0 aromatic heterocycles. The third kappa shape index (κ3) is 2.53. The second-order valence-corrected chi connectivity index (χ2v) is 6.02. The van der Waals surface area contributed by atoms with Crippen molar-refractivity contribution in [3.05, 3.63) is 0 Å². The number of piperazine rings is 1. The molecule has 2 rings (SSSR count). The van der Waals surface area contributed by atoms with Gasteiger partial charge in [-0.25, -0.2) is 0 Å². The van der Waals surface area contributed by atoms with E-state index >= 15 is 0 Å². The molecule has 9 heteroatoms. The third-order valence-corrected chi connectivity index (χ3v) is 4.72. The second-order valence-electron chi connectivity index (χ2n) is 4.32. The number of nitrogens with one attached hydrogen (secondary N) is 2. The van der Waals surface area contributed by atoms with E-state index in [2.05, 4.69) is 10.0 Å². The normalized spacial score (nSPS) is 26.9. The van der Waals surface area contributed by atoms with Crippen molar-refractivity contribution in [2.75, 3.05) is 33.2 Å². The Hall–Kier alpha value is -1.03. The van der Waals surface area contributed by atoms with Gasteiger partial charge in [0.15, 0.2) is 0 Å². The smallest absolute Gasteiger partial charge is 0.280 e. The topological polar surface area (TPSA) is 98.8 Å². The predicted molar refractivity (Wildman–Crippen MR) is 62.7 cm³/mol. The van der Waals surface area contributed by atoms with Crippen molar-refractivity contribution in [1.82, 2.24) is 19.2 Å². The molecule has 1 unspecified atom stereocenters. The van der Waals surface area contributed by atoms with E-state index in [-0.39, 0.29) is 12.3 Å². The van der Waals surface area contributed by atoms with Gasteiger partial charge in [-0.2, -0.15) is 17.4 Å². The molecular formula is C9H16N4O4S. The van der Waals surface area contributed by atoms with E-state index in [4.69, 9.17) is 0 Å². The summed E-state index contributed by atoms with van der Waals surface area (Å²) in [5.41, 5.74) is 0. The van der Waals surface area contributed by atoms with Crippen LogP contribution in [-0.2, 0) is 19.8 Å². The monoisotopic (exact) mass is 276 g/mol. The first-order valence-corrected chi connectivity index (χ1v) is 7.14. The molecule has 2 fully saturated rings. The average Bonchev–Trinajstić information content (AvgIpc) is 2.58. The van der Waals surface area contributed by atoms with E-state index in [9.17, 15) is 18.0 Å². The minimum absolute atomic E-state index is 0.110. The van der Waals surface area contributed by atoms with Crippen LogP contribution in [0.25, 0.3) is 0 Å². The van der Waals surface area contributed by atoms with Gasteiger partial charge in [-0.15, -0.1) is 0 Å². The first-order chi connectivity index (χ1) is 8.42. The minimum Gasteiger partial charge on any atom is -0.314 e. The lowest BCUT2D eigenvalue weighted by atomic mass is 10.3. The molecule has 8 nitrogen and oxygen atoms in total. The Morgan fingerprint density at radius 1 is 1.28 bits per heavy atom. The molecule has 2 N–H and O–H groups in total. The van der Waals surface area contributed by atoms with Crippen LogP contribution in [0.2, 0.25) is 0 Å². The van der Waals surface area contributed by atoms with Crippen LogP contribution in [-0.4, -0.2) is 68.7 Å². The first-order valence-electron chi connectivity index (χ1n) is 5.70. The Morgan fingerprint density at radius 3 is 2.39 bits per heavy atom. The van der Waals surface area contributed by atoms with Gasteiger partial charge < -0.3 is 5.32 Å². The molecule has 2 aliphatic heterocycles. The Labute approximate surface area is 105 Å². The fraction of sp³-hybridized carbons (Fsp3) is 0.778. The molecule has 2 aliphatic rings. The quantitative estimate of drug-likeness (QED) is 0.554. The van der Waals surface area contributed by atoms with Crippen LogP contribution in [0, 0.1) is 0 Å². The summed E-state index contributed by atoms with van der Waals surface area (Å²) in [5, 5.41) is 3.04. The first kappa shape index (κ1) is 13.4. The number of likely N-dealkylation sites (N-methyl/N-ethyl adjacent to an activating group) is 1. The molecule has 0 aromatic rings. The molecule has 0 bridgehead atoms. The lowest BCUT2D eigenvalue weighted by Gasteiger charge is -2.27. The zero-order valence-electron chi connectivity index (χ0n) is 10.0. The standard InChI is InChI=1S/C9H16N4O4S/c1-12-8(14)6-7(9(12)15)11-18(16,17)13-4-2-10-3-5-13/h7,10-11H,2-6H2,1H3. The Morgan fingerprint density at radius 2 is 1.89 bits per heavy atom. The van der Waals surface area contributed by atoms with E-state index in [0.717, 1.165) is 4.90 Å². The zero-order valence-corrected chi connectivity index (χ0v) is 10.9. The van der Waals surface area contributed by atoms with Crippen LogP contribution in [0.4, 0.5) is 0 Å². The largest absolute Gasteiger partial charge is 0.314 e. The lowest BCUT2D eigenvalue weighted by molar-refractivity contribution is -0.137. The number of carbonyl (C=O) groups excluding carboxylic acids is 2. The fourth-order valence-corrected chi connectivity index (χ4v) is 3.34. The maximum Gasteiger partial charge on any atom is 0.280 e. The van der Waals surface area contributed by atoms with Crippen LogP contribution >= 0.6 is 0 Å². The molecule has 2 heterocycles. The molecule has 2 amide bonds. The summed E-state index contributed by atoms with van der Waals surface area (Å²) in [7, 11) is -2.35. The lowest BCUT2D eigenvalue weighted by Crippen LogP contribution is -2.53. The maximum absolute atomic E-state index is 12.0. The Kier molecular flexibility index (Phi) is 3.66. The van der Waals surface area contributed by atoms with E-state index in [1.165, 1.54) is 11.4 Å². The molecular weight excluding hydrogens is 260 g/mol. The molecule has 0 radical (unpaired) electrons. The Bertz CT molecular complexity index is 457. The van der Waals surface area contributed by atoms with Gasteiger partial charge in [0.25, 0.3) is 10.2 Å². The minimum atomic E-state index is -3.70. The fourth-order valence-electron chi connectivity index (χ4n) is 1.99. The summed E-state index contributed by atoms with van der Waals surface area (Å²) in [6.07, 6.45) is -0.110. The van der Waals surface area contributed by atoms with Gasteiger partial charge in [0.05, 0.1) is 6.42 Å². The van der Waals surface area contributed by atoms with Gasteiger partial charge >= 0.3 is 0 Å². The molecule has 2 saturated heterocycles. The number of carbonyl (C=O) groups is 2. The maximum atomic E-state index is 12.0. The van der Waals surface area contributed by atoms with Crippen molar-refractivity contribution in [2.45, 2.75) is 12.5 Å². The summed E-state index contributed by atoms with van der Waals surface area (Å²) < 4.78 is 27.6. The molecule has 18 heavy (non-hydrogen) atoms. The summed E-state index contributed by atoms with van der Waals surface area (Å²) in [4.78, 5) is 23.9. The highest BCUT2D eigenvalue weighted by molar-refractivity contribution is 7.87. The molecule has 0 spiro atoms. The highest BCUT2D eigenvalue weighted by Crippen LogP contribution is 2.13. The van der Waals surface area contributed by atoms with Crippen molar-refractivity contribution in [3.8, 4) is 0 Å². The third-order valence-electron chi connectivity index (χ3n) is 3.09. The number of rotatable bonds is 3. The van der Waals surface area contributed by atoms with Crippen molar-refractivity contribution in [3.63, 3.8) is 0 Å². The van der Waals surface area contributed by atoms with Crippen LogP contribution in [0.1, 0.15) is 6.42 Å². The van der Waals surface area contributed by atoms with Crippen LogP contribution in [0.15, 0.2) is 0 Å². The van der Waals surface area contributed by atoms with E-state index in [0.29, 0.717) is 26.2 Å². The highest BCUT2D eigenvalue weighted by atomic mass is 32.2.